The van der Waals surface area contributed by atoms with Crippen molar-refractivity contribution < 1.29 is 9.00 Å². The Morgan fingerprint density at radius 1 is 1.20 bits per heavy atom. The number of benzene rings is 1. The van der Waals surface area contributed by atoms with Crippen molar-refractivity contribution in [2.45, 2.75) is 38.9 Å². The van der Waals surface area contributed by atoms with E-state index in [2.05, 4.69) is 18.2 Å². The van der Waals surface area contributed by atoms with Crippen LogP contribution in [0.3, 0.4) is 0 Å². The smallest absolute Gasteiger partial charge is 0.235 e. The zero-order valence-corrected chi connectivity index (χ0v) is 13.2. The van der Waals surface area contributed by atoms with E-state index in [4.69, 9.17) is 0 Å². The van der Waals surface area contributed by atoms with Crippen LogP contribution in [-0.2, 0) is 34.2 Å². The van der Waals surface area contributed by atoms with Gasteiger partial charge in [-0.2, -0.15) is 0 Å². The number of carbonyl (C=O) groups excluding carboxylic acids is 1. The van der Waals surface area contributed by atoms with Crippen LogP contribution in [0, 0.1) is 0 Å². The fourth-order valence-corrected chi connectivity index (χ4v) is 3.87. The van der Waals surface area contributed by atoms with Crippen LogP contribution in [0.15, 0.2) is 18.2 Å². The lowest BCUT2D eigenvalue weighted by molar-refractivity contribution is -0.128. The number of hydrogen-bond donors (Lipinski definition) is 0. The molecule has 4 heteroatoms. The van der Waals surface area contributed by atoms with Gasteiger partial charge in [-0.3, -0.25) is 9.00 Å². The van der Waals surface area contributed by atoms with Crippen molar-refractivity contribution in [2.24, 2.45) is 0 Å². The molecule has 110 valence electrons. The van der Waals surface area contributed by atoms with Crippen LogP contribution in [0.1, 0.15) is 37.0 Å². The summed E-state index contributed by atoms with van der Waals surface area (Å²) in [6.45, 7) is 5.27. The van der Waals surface area contributed by atoms with E-state index in [0.717, 1.165) is 12.0 Å². The lowest BCUT2D eigenvalue weighted by atomic mass is 10.1. The van der Waals surface area contributed by atoms with E-state index in [0.29, 0.717) is 18.8 Å². The topological polar surface area (TPSA) is 37.4 Å². The Bertz CT molecular complexity index is 509. The maximum atomic E-state index is 12.1. The number of amides is 1. The highest BCUT2D eigenvalue weighted by Gasteiger charge is 2.15. The first-order valence-corrected chi connectivity index (χ1v) is 8.86. The summed E-state index contributed by atoms with van der Waals surface area (Å²) in [6, 6.07) is 6.38. The summed E-state index contributed by atoms with van der Waals surface area (Å²) < 4.78 is 12.1. The monoisotopic (exact) mass is 293 g/mol. The maximum absolute atomic E-state index is 12.1. The second-order valence-corrected chi connectivity index (χ2v) is 6.71. The third-order valence-electron chi connectivity index (χ3n) is 3.89. The van der Waals surface area contributed by atoms with Crippen LogP contribution >= 0.6 is 0 Å². The molecule has 0 N–H and O–H groups in total. The first-order chi connectivity index (χ1) is 9.63. The largest absolute Gasteiger partial charge is 0.342 e. The molecule has 0 heterocycles. The van der Waals surface area contributed by atoms with Crippen LogP contribution in [0.2, 0.25) is 0 Å². The predicted molar refractivity (Wildman–Crippen MR) is 83.1 cm³/mol. The average Bonchev–Trinajstić information content (AvgIpc) is 2.87. The third-order valence-corrected chi connectivity index (χ3v) is 5.12. The molecule has 2 rings (SSSR count). The SMILES string of the molecule is CCN(CC)C(=O)C[S@@](=O)Cc1ccc2c(c1)CCC2. The Labute approximate surface area is 123 Å². The first kappa shape index (κ1) is 15.2. The summed E-state index contributed by atoms with van der Waals surface area (Å²) in [7, 11) is -1.11. The second kappa shape index (κ2) is 7.02. The van der Waals surface area contributed by atoms with Gasteiger partial charge in [-0.1, -0.05) is 18.2 Å². The fourth-order valence-electron chi connectivity index (χ4n) is 2.76. The predicted octanol–water partition coefficient (Wildman–Crippen LogP) is 2.29. The van der Waals surface area contributed by atoms with Crippen molar-refractivity contribution in [1.82, 2.24) is 4.90 Å². The van der Waals surface area contributed by atoms with Gasteiger partial charge in [0.2, 0.25) is 5.91 Å². The van der Waals surface area contributed by atoms with Crippen molar-refractivity contribution in [3.8, 4) is 0 Å². The Hall–Kier alpha value is -1.16. The summed E-state index contributed by atoms with van der Waals surface area (Å²) in [5.74, 6) is 0.619. The molecule has 1 amide bonds. The second-order valence-electron chi connectivity index (χ2n) is 5.25. The van der Waals surface area contributed by atoms with Gasteiger partial charge >= 0.3 is 0 Å². The number of carbonyl (C=O) groups is 1. The molecule has 3 nitrogen and oxygen atoms in total. The maximum Gasteiger partial charge on any atom is 0.235 e. The molecule has 1 atom stereocenters. The molecule has 0 unspecified atom stereocenters. The van der Waals surface area contributed by atoms with Crippen LogP contribution in [0.25, 0.3) is 0 Å². The van der Waals surface area contributed by atoms with Crippen molar-refractivity contribution >= 4 is 16.7 Å². The highest BCUT2D eigenvalue weighted by Crippen LogP contribution is 2.23. The number of fused-ring (bicyclic) bond motifs is 1. The van der Waals surface area contributed by atoms with E-state index >= 15 is 0 Å². The molecular weight excluding hydrogens is 270 g/mol. The summed E-state index contributed by atoms with van der Waals surface area (Å²) in [4.78, 5) is 13.7. The summed E-state index contributed by atoms with van der Waals surface area (Å²) in [5.41, 5.74) is 3.92. The molecule has 0 radical (unpaired) electrons. The molecule has 0 saturated heterocycles. The Morgan fingerprint density at radius 3 is 2.60 bits per heavy atom. The zero-order valence-electron chi connectivity index (χ0n) is 12.4. The molecule has 1 aliphatic rings. The number of aryl methyl sites for hydroxylation is 2. The quantitative estimate of drug-likeness (QED) is 0.807. The van der Waals surface area contributed by atoms with E-state index in [-0.39, 0.29) is 11.7 Å². The minimum atomic E-state index is -1.11. The zero-order chi connectivity index (χ0) is 14.5. The molecule has 0 bridgehead atoms. The molecular formula is C16H23NO2S. The lowest BCUT2D eigenvalue weighted by Gasteiger charge is -2.18. The molecule has 20 heavy (non-hydrogen) atoms. The molecule has 0 aliphatic heterocycles. The molecule has 0 saturated carbocycles. The van der Waals surface area contributed by atoms with Crippen LogP contribution < -0.4 is 0 Å². The number of nitrogens with zero attached hydrogens (tertiary/aromatic N) is 1. The highest BCUT2D eigenvalue weighted by atomic mass is 32.2. The van der Waals surface area contributed by atoms with Crippen LogP contribution in [0.5, 0.6) is 0 Å². The first-order valence-electron chi connectivity index (χ1n) is 7.37. The lowest BCUT2D eigenvalue weighted by Crippen LogP contribution is -2.34. The van der Waals surface area contributed by atoms with Gasteiger partial charge in [0.05, 0.1) is 0 Å². The van der Waals surface area contributed by atoms with Gasteiger partial charge in [-0.05, 0) is 49.8 Å². The van der Waals surface area contributed by atoms with E-state index in [1.54, 1.807) is 4.90 Å². The van der Waals surface area contributed by atoms with E-state index < -0.39 is 10.8 Å². The average molecular weight is 293 g/mol. The van der Waals surface area contributed by atoms with Gasteiger partial charge in [0.15, 0.2) is 0 Å². The van der Waals surface area contributed by atoms with Gasteiger partial charge in [0.1, 0.15) is 5.75 Å². The van der Waals surface area contributed by atoms with Crippen molar-refractivity contribution in [3.05, 3.63) is 34.9 Å². The van der Waals surface area contributed by atoms with Gasteiger partial charge in [0.25, 0.3) is 0 Å². The summed E-state index contributed by atoms with van der Waals surface area (Å²) in [6.07, 6.45) is 3.52. The van der Waals surface area contributed by atoms with Crippen molar-refractivity contribution in [1.29, 1.82) is 0 Å². The number of rotatable bonds is 6. The van der Waals surface area contributed by atoms with Crippen LogP contribution in [0.4, 0.5) is 0 Å². The molecule has 1 aliphatic carbocycles. The number of hydrogen-bond acceptors (Lipinski definition) is 2. The van der Waals surface area contributed by atoms with Crippen molar-refractivity contribution in [2.75, 3.05) is 18.8 Å². The van der Waals surface area contributed by atoms with E-state index in [9.17, 15) is 9.00 Å². The molecule has 1 aromatic carbocycles. The summed E-state index contributed by atoms with van der Waals surface area (Å²) in [5, 5.41) is 0. The minimum Gasteiger partial charge on any atom is -0.342 e. The Balaban J connectivity index is 1.93. The minimum absolute atomic E-state index is 0.00510. The Kier molecular flexibility index (Phi) is 5.35. The van der Waals surface area contributed by atoms with E-state index in [1.807, 2.05) is 13.8 Å². The standard InChI is InChI=1S/C16H23NO2S/c1-3-17(4-2)16(18)12-20(19)11-13-8-9-14-6-5-7-15(14)10-13/h8-10H,3-7,11-12H2,1-2H3/t20-/m0/s1. The van der Waals surface area contributed by atoms with E-state index in [1.165, 1.54) is 24.0 Å². The fraction of sp³-hybridized carbons (Fsp3) is 0.562. The highest BCUT2D eigenvalue weighted by molar-refractivity contribution is 7.84. The van der Waals surface area contributed by atoms with Crippen LogP contribution in [-0.4, -0.2) is 33.9 Å². The normalized spacial score (nSPS) is 14.9. The van der Waals surface area contributed by atoms with Gasteiger partial charge in [-0.15, -0.1) is 0 Å². The molecule has 1 aromatic rings. The van der Waals surface area contributed by atoms with Gasteiger partial charge in [-0.25, -0.2) is 0 Å². The summed E-state index contributed by atoms with van der Waals surface area (Å²) >= 11 is 0. The molecule has 0 fully saturated rings. The van der Waals surface area contributed by atoms with Crippen molar-refractivity contribution in [3.63, 3.8) is 0 Å². The Morgan fingerprint density at radius 2 is 1.90 bits per heavy atom. The molecule has 0 spiro atoms. The third kappa shape index (κ3) is 3.69. The molecule has 0 aromatic heterocycles. The van der Waals surface area contributed by atoms with Gasteiger partial charge < -0.3 is 4.90 Å². The van der Waals surface area contributed by atoms with Gasteiger partial charge in [0, 0.05) is 29.6 Å².